The Bertz CT molecular complexity index is 907. The molecule has 1 aromatic heterocycles. The minimum absolute atomic E-state index is 0.259. The van der Waals surface area contributed by atoms with E-state index in [2.05, 4.69) is 17.1 Å². The van der Waals surface area contributed by atoms with Gasteiger partial charge in [-0.15, -0.1) is 0 Å². The van der Waals surface area contributed by atoms with Gasteiger partial charge in [0, 0.05) is 33.3 Å². The molecular formula is C20H29FN4O3. The lowest BCUT2D eigenvalue weighted by atomic mass is 10.1. The van der Waals surface area contributed by atoms with Crippen molar-refractivity contribution in [1.29, 1.82) is 0 Å². The SMILES string of the molecule is CCN(CCCc1ccc(OC)c(F)c1)CCNc1cc(=O)n(C)c(=O)n1C. The van der Waals surface area contributed by atoms with E-state index in [1.807, 2.05) is 6.07 Å². The number of benzene rings is 1. The molecule has 0 spiro atoms. The van der Waals surface area contributed by atoms with E-state index in [0.717, 1.165) is 42.6 Å². The molecule has 0 aliphatic rings. The number of likely N-dealkylation sites (N-methyl/N-ethyl adjacent to an activating group) is 1. The summed E-state index contributed by atoms with van der Waals surface area (Å²) in [5.41, 5.74) is 0.265. The van der Waals surface area contributed by atoms with Gasteiger partial charge in [-0.1, -0.05) is 13.0 Å². The number of ether oxygens (including phenoxy) is 1. The molecule has 0 radical (unpaired) electrons. The zero-order valence-electron chi connectivity index (χ0n) is 17.0. The second-order valence-electron chi connectivity index (χ2n) is 6.70. The number of nitrogens with one attached hydrogen (secondary N) is 1. The van der Waals surface area contributed by atoms with Crippen molar-refractivity contribution >= 4 is 5.82 Å². The molecule has 154 valence electrons. The average Bonchev–Trinajstić information content (AvgIpc) is 2.69. The smallest absolute Gasteiger partial charge is 0.332 e. The Labute approximate surface area is 164 Å². The first-order valence-corrected chi connectivity index (χ1v) is 9.43. The molecule has 7 nitrogen and oxygen atoms in total. The Balaban J connectivity index is 1.83. The lowest BCUT2D eigenvalue weighted by molar-refractivity contribution is 0.295. The van der Waals surface area contributed by atoms with E-state index in [1.54, 1.807) is 13.1 Å². The Morgan fingerprint density at radius 3 is 2.54 bits per heavy atom. The van der Waals surface area contributed by atoms with E-state index in [1.165, 1.54) is 30.9 Å². The van der Waals surface area contributed by atoms with Crippen molar-refractivity contribution in [3.05, 3.63) is 56.5 Å². The highest BCUT2D eigenvalue weighted by Gasteiger charge is 2.08. The van der Waals surface area contributed by atoms with Gasteiger partial charge in [0.15, 0.2) is 11.6 Å². The van der Waals surface area contributed by atoms with E-state index >= 15 is 0 Å². The van der Waals surface area contributed by atoms with Crippen LogP contribution < -0.4 is 21.3 Å². The van der Waals surface area contributed by atoms with Crippen molar-refractivity contribution in [2.45, 2.75) is 19.8 Å². The van der Waals surface area contributed by atoms with E-state index < -0.39 is 0 Å². The lowest BCUT2D eigenvalue weighted by Crippen LogP contribution is -2.38. The third-order valence-corrected chi connectivity index (χ3v) is 4.86. The molecule has 2 rings (SSSR count). The quantitative estimate of drug-likeness (QED) is 0.665. The molecule has 28 heavy (non-hydrogen) atoms. The summed E-state index contributed by atoms with van der Waals surface area (Å²) in [7, 11) is 4.55. The van der Waals surface area contributed by atoms with Gasteiger partial charge in [0.05, 0.1) is 7.11 Å². The Kier molecular flexibility index (Phi) is 7.80. The van der Waals surface area contributed by atoms with Gasteiger partial charge in [-0.05, 0) is 43.6 Å². The molecule has 0 saturated heterocycles. The highest BCUT2D eigenvalue weighted by molar-refractivity contribution is 5.33. The maximum absolute atomic E-state index is 13.8. The van der Waals surface area contributed by atoms with Crippen molar-refractivity contribution in [3.63, 3.8) is 0 Å². The second kappa shape index (κ2) is 10.1. The predicted octanol–water partition coefficient (Wildman–Crippen LogP) is 1.60. The molecule has 0 unspecified atom stereocenters. The number of halogens is 1. The molecule has 0 atom stereocenters. The Morgan fingerprint density at radius 1 is 1.14 bits per heavy atom. The first-order chi connectivity index (χ1) is 13.4. The van der Waals surface area contributed by atoms with E-state index in [9.17, 15) is 14.0 Å². The summed E-state index contributed by atoms with van der Waals surface area (Å²) in [6.45, 7) is 5.23. The van der Waals surface area contributed by atoms with Gasteiger partial charge >= 0.3 is 5.69 Å². The van der Waals surface area contributed by atoms with Crippen LogP contribution in [0.5, 0.6) is 5.75 Å². The molecular weight excluding hydrogens is 363 g/mol. The van der Waals surface area contributed by atoms with E-state index in [4.69, 9.17) is 4.74 Å². The molecule has 1 heterocycles. The van der Waals surface area contributed by atoms with Crippen LogP contribution in [0.15, 0.2) is 33.9 Å². The molecule has 0 aliphatic heterocycles. The molecule has 0 aliphatic carbocycles. The fraction of sp³-hybridized carbons (Fsp3) is 0.500. The van der Waals surface area contributed by atoms with Gasteiger partial charge in [0.2, 0.25) is 0 Å². The highest BCUT2D eigenvalue weighted by Crippen LogP contribution is 2.18. The van der Waals surface area contributed by atoms with Crippen LogP contribution in [0.1, 0.15) is 18.9 Å². The predicted molar refractivity (Wildman–Crippen MR) is 109 cm³/mol. The number of nitrogens with zero attached hydrogens (tertiary/aromatic N) is 3. The zero-order chi connectivity index (χ0) is 20.7. The third-order valence-electron chi connectivity index (χ3n) is 4.86. The maximum atomic E-state index is 13.8. The van der Waals surface area contributed by atoms with Gasteiger partial charge in [-0.25, -0.2) is 9.18 Å². The summed E-state index contributed by atoms with van der Waals surface area (Å²) in [5, 5.41) is 3.16. The maximum Gasteiger partial charge on any atom is 0.332 e. The largest absolute Gasteiger partial charge is 0.494 e. The van der Waals surface area contributed by atoms with Crippen LogP contribution in [-0.4, -0.2) is 47.3 Å². The minimum atomic E-state index is -0.353. The van der Waals surface area contributed by atoms with Crippen molar-refractivity contribution < 1.29 is 9.13 Å². The number of anilines is 1. The second-order valence-corrected chi connectivity index (χ2v) is 6.70. The first-order valence-electron chi connectivity index (χ1n) is 9.43. The zero-order valence-corrected chi connectivity index (χ0v) is 17.0. The van der Waals surface area contributed by atoms with Crippen molar-refractivity contribution in [1.82, 2.24) is 14.0 Å². The molecule has 2 aromatic rings. The summed E-state index contributed by atoms with van der Waals surface area (Å²) < 4.78 is 21.2. The van der Waals surface area contributed by atoms with Gasteiger partial charge in [-0.3, -0.25) is 13.9 Å². The van der Waals surface area contributed by atoms with Gasteiger partial charge < -0.3 is 15.0 Å². The van der Waals surface area contributed by atoms with Crippen molar-refractivity contribution in [3.8, 4) is 5.75 Å². The number of hydrogen-bond donors (Lipinski definition) is 1. The molecule has 0 amide bonds. The van der Waals surface area contributed by atoms with Crippen LogP contribution in [0, 0.1) is 5.82 Å². The normalized spacial score (nSPS) is 11.1. The summed E-state index contributed by atoms with van der Waals surface area (Å²) in [5.74, 6) is 0.434. The van der Waals surface area contributed by atoms with Crippen LogP contribution in [0.3, 0.4) is 0 Å². The number of rotatable bonds is 10. The van der Waals surface area contributed by atoms with E-state index in [-0.39, 0.29) is 22.8 Å². The van der Waals surface area contributed by atoms with Crippen LogP contribution >= 0.6 is 0 Å². The molecule has 0 bridgehead atoms. The molecule has 1 aromatic carbocycles. The number of aromatic nitrogens is 2. The number of hydrogen-bond acceptors (Lipinski definition) is 5. The highest BCUT2D eigenvalue weighted by atomic mass is 19.1. The van der Waals surface area contributed by atoms with Crippen LogP contribution in [-0.2, 0) is 20.5 Å². The van der Waals surface area contributed by atoms with Crippen molar-refractivity contribution in [2.75, 3.05) is 38.6 Å². The summed E-state index contributed by atoms with van der Waals surface area (Å²) in [6, 6.07) is 6.49. The lowest BCUT2D eigenvalue weighted by Gasteiger charge is -2.21. The average molecular weight is 392 g/mol. The van der Waals surface area contributed by atoms with Crippen LogP contribution in [0.2, 0.25) is 0 Å². The summed E-state index contributed by atoms with van der Waals surface area (Å²) in [4.78, 5) is 26.0. The fourth-order valence-corrected chi connectivity index (χ4v) is 3.04. The Hall–Kier alpha value is -2.61. The van der Waals surface area contributed by atoms with Gasteiger partial charge in [-0.2, -0.15) is 0 Å². The standard InChI is InChI=1S/C20H29FN4O3/c1-5-25(11-6-7-15-8-9-17(28-4)16(21)13-15)12-10-22-18-14-19(26)24(3)20(27)23(18)2/h8-9,13-14,22H,5-7,10-12H2,1-4H3. The topological polar surface area (TPSA) is 68.5 Å². The molecule has 1 N–H and O–H groups in total. The third kappa shape index (κ3) is 5.45. The molecule has 0 saturated carbocycles. The fourth-order valence-electron chi connectivity index (χ4n) is 3.04. The molecule has 0 fully saturated rings. The monoisotopic (exact) mass is 392 g/mol. The number of methoxy groups -OCH3 is 1. The number of aryl methyl sites for hydroxylation is 1. The van der Waals surface area contributed by atoms with E-state index in [0.29, 0.717) is 12.4 Å². The molecule has 8 heteroatoms. The van der Waals surface area contributed by atoms with Crippen LogP contribution in [0.4, 0.5) is 10.2 Å². The minimum Gasteiger partial charge on any atom is -0.494 e. The summed E-state index contributed by atoms with van der Waals surface area (Å²) >= 11 is 0. The van der Waals surface area contributed by atoms with Crippen molar-refractivity contribution in [2.24, 2.45) is 14.1 Å². The summed E-state index contributed by atoms with van der Waals surface area (Å²) in [6.07, 6.45) is 1.69. The first kappa shape index (κ1) is 21.7. The van der Waals surface area contributed by atoms with Gasteiger partial charge in [0.1, 0.15) is 5.82 Å². The Morgan fingerprint density at radius 2 is 1.89 bits per heavy atom. The van der Waals surface area contributed by atoms with Crippen LogP contribution in [0.25, 0.3) is 0 Å². The van der Waals surface area contributed by atoms with Gasteiger partial charge in [0.25, 0.3) is 5.56 Å².